The van der Waals surface area contributed by atoms with Crippen LogP contribution in [-0.4, -0.2) is 40.0 Å². The van der Waals surface area contributed by atoms with E-state index in [0.29, 0.717) is 12.8 Å². The van der Waals surface area contributed by atoms with Crippen LogP contribution in [0.1, 0.15) is 49.8 Å². The van der Waals surface area contributed by atoms with Crippen molar-refractivity contribution in [1.82, 2.24) is 5.32 Å². The zero-order valence-corrected chi connectivity index (χ0v) is 22.8. The van der Waals surface area contributed by atoms with E-state index in [4.69, 9.17) is 0 Å². The molecule has 3 N–H and O–H groups in total. The highest BCUT2D eigenvalue weighted by Crippen LogP contribution is 2.48. The average Bonchev–Trinajstić information content (AvgIpc) is 2.94. The van der Waals surface area contributed by atoms with Crippen LogP contribution in [0.3, 0.4) is 0 Å². The number of carboxylic acids is 1. The number of amides is 1. The Kier molecular flexibility index (Phi) is 11.2. The first-order chi connectivity index (χ1) is 18.4. The fourth-order valence-corrected chi connectivity index (χ4v) is 5.94. The molecule has 3 unspecified atom stereocenters. The van der Waals surface area contributed by atoms with Gasteiger partial charge in [-0.1, -0.05) is 123 Å². The Morgan fingerprint density at radius 1 is 0.895 bits per heavy atom. The van der Waals surface area contributed by atoms with Crippen molar-refractivity contribution in [2.75, 3.05) is 5.75 Å². The highest BCUT2D eigenvalue weighted by molar-refractivity contribution is 8.00. The topological polar surface area (TPSA) is 86.6 Å². The molecule has 0 bridgehead atoms. The summed E-state index contributed by atoms with van der Waals surface area (Å²) in [7, 11) is 0. The van der Waals surface area contributed by atoms with Crippen LogP contribution in [0, 0.1) is 5.92 Å². The third-order valence-electron chi connectivity index (χ3n) is 6.69. The van der Waals surface area contributed by atoms with Gasteiger partial charge in [-0.2, -0.15) is 0 Å². The zero-order chi connectivity index (χ0) is 27.4. The van der Waals surface area contributed by atoms with Crippen LogP contribution >= 0.6 is 11.8 Å². The molecule has 38 heavy (non-hydrogen) atoms. The number of thioether (sulfide) groups is 1. The highest BCUT2D eigenvalue weighted by atomic mass is 32.2. The third kappa shape index (κ3) is 7.59. The molecular weight excluding hydrogens is 494 g/mol. The van der Waals surface area contributed by atoms with Gasteiger partial charge in [-0.25, -0.2) is 4.79 Å². The summed E-state index contributed by atoms with van der Waals surface area (Å²) in [6.07, 6.45) is 3.68. The van der Waals surface area contributed by atoms with Crippen molar-refractivity contribution in [1.29, 1.82) is 0 Å². The summed E-state index contributed by atoms with van der Waals surface area (Å²) >= 11 is 1.83. The molecule has 200 valence electrons. The molecule has 5 nitrogen and oxygen atoms in total. The molecule has 1 amide bonds. The third-order valence-corrected chi connectivity index (χ3v) is 8.27. The Balaban J connectivity index is 1.70. The molecule has 0 saturated heterocycles. The molecule has 0 aliphatic rings. The summed E-state index contributed by atoms with van der Waals surface area (Å²) in [6.45, 7) is 3.66. The quantitative estimate of drug-likeness (QED) is 0.134. The van der Waals surface area contributed by atoms with E-state index in [1.807, 2.05) is 43.0 Å². The molecular formula is C32H37NO4S. The number of aliphatic carboxylic acids is 1. The second-order valence-corrected chi connectivity index (χ2v) is 10.7. The molecule has 0 radical (unpaired) electrons. The van der Waals surface area contributed by atoms with Gasteiger partial charge in [0, 0.05) is 0 Å². The minimum Gasteiger partial charge on any atom is -0.480 e. The molecule has 3 aromatic rings. The van der Waals surface area contributed by atoms with Crippen molar-refractivity contribution >= 4 is 23.6 Å². The summed E-state index contributed by atoms with van der Waals surface area (Å²) in [5.74, 6) is -0.947. The van der Waals surface area contributed by atoms with E-state index in [2.05, 4.69) is 78.1 Å². The van der Waals surface area contributed by atoms with Gasteiger partial charge in [0.2, 0.25) is 5.91 Å². The minimum absolute atomic E-state index is 0.175. The van der Waals surface area contributed by atoms with E-state index < -0.39 is 28.8 Å². The van der Waals surface area contributed by atoms with Gasteiger partial charge < -0.3 is 15.5 Å². The molecule has 6 heteroatoms. The van der Waals surface area contributed by atoms with Crippen LogP contribution < -0.4 is 5.32 Å². The van der Waals surface area contributed by atoms with E-state index in [1.165, 1.54) is 16.7 Å². The number of hydrogen-bond donors (Lipinski definition) is 3. The van der Waals surface area contributed by atoms with Gasteiger partial charge in [-0.15, -0.1) is 11.8 Å². The molecule has 3 atom stereocenters. The summed E-state index contributed by atoms with van der Waals surface area (Å²) < 4.78 is -0.405. The first-order valence-electron chi connectivity index (χ1n) is 13.1. The highest BCUT2D eigenvalue weighted by Gasteiger charge is 2.36. The number of carbonyl (C=O) groups is 2. The number of rotatable bonds is 14. The SMILES string of the molecule is CCC(C)C(NC(=O)CC(O)/C=C/CCSC(c1ccccc1)(c1ccccc1)c1ccccc1)C(=O)O. The van der Waals surface area contributed by atoms with Crippen molar-refractivity contribution in [3.05, 3.63) is 120 Å². The number of aliphatic hydroxyl groups is 1. The van der Waals surface area contributed by atoms with Crippen molar-refractivity contribution in [3.8, 4) is 0 Å². The van der Waals surface area contributed by atoms with E-state index in [9.17, 15) is 19.8 Å². The lowest BCUT2D eigenvalue weighted by Gasteiger charge is -2.35. The Hall–Kier alpha value is -3.35. The Labute approximate surface area is 230 Å². The fourth-order valence-electron chi connectivity index (χ4n) is 4.48. The lowest BCUT2D eigenvalue weighted by atomic mass is 9.84. The zero-order valence-electron chi connectivity index (χ0n) is 22.0. The molecule has 0 aliphatic carbocycles. The molecule has 0 saturated carbocycles. The van der Waals surface area contributed by atoms with Gasteiger partial charge >= 0.3 is 5.97 Å². The molecule has 3 rings (SSSR count). The largest absolute Gasteiger partial charge is 0.480 e. The van der Waals surface area contributed by atoms with Crippen LogP contribution in [0.25, 0.3) is 0 Å². The van der Waals surface area contributed by atoms with Crippen LogP contribution in [0.4, 0.5) is 0 Å². The summed E-state index contributed by atoms with van der Waals surface area (Å²) in [5.41, 5.74) is 3.58. The summed E-state index contributed by atoms with van der Waals surface area (Å²) in [5, 5.41) is 22.3. The van der Waals surface area contributed by atoms with Crippen LogP contribution in [-0.2, 0) is 14.3 Å². The number of benzene rings is 3. The van der Waals surface area contributed by atoms with Gasteiger partial charge in [0.25, 0.3) is 0 Å². The number of allylic oxidation sites excluding steroid dienone is 1. The maximum Gasteiger partial charge on any atom is 0.326 e. The molecule has 3 aromatic carbocycles. The second-order valence-electron chi connectivity index (χ2n) is 9.38. The van der Waals surface area contributed by atoms with E-state index in [0.717, 1.165) is 5.75 Å². The van der Waals surface area contributed by atoms with Gasteiger partial charge in [0.1, 0.15) is 6.04 Å². The first-order valence-corrected chi connectivity index (χ1v) is 14.0. The molecule has 0 aromatic heterocycles. The van der Waals surface area contributed by atoms with Crippen LogP contribution in [0.2, 0.25) is 0 Å². The smallest absolute Gasteiger partial charge is 0.326 e. The first kappa shape index (κ1) is 29.2. The number of carbonyl (C=O) groups excluding carboxylic acids is 1. The molecule has 0 heterocycles. The maximum atomic E-state index is 12.3. The van der Waals surface area contributed by atoms with Crippen molar-refractivity contribution in [3.63, 3.8) is 0 Å². The predicted molar refractivity (Wildman–Crippen MR) is 155 cm³/mol. The van der Waals surface area contributed by atoms with Crippen molar-refractivity contribution in [2.45, 2.75) is 50.0 Å². The Morgan fingerprint density at radius 2 is 1.37 bits per heavy atom. The van der Waals surface area contributed by atoms with E-state index in [1.54, 1.807) is 13.0 Å². The Morgan fingerprint density at radius 3 is 1.79 bits per heavy atom. The number of aliphatic hydroxyl groups excluding tert-OH is 1. The normalized spacial score (nSPS) is 14.1. The molecule has 0 fully saturated rings. The van der Waals surface area contributed by atoms with Crippen molar-refractivity contribution < 1.29 is 19.8 Å². The second kappa shape index (κ2) is 14.6. The van der Waals surface area contributed by atoms with E-state index in [-0.39, 0.29) is 12.3 Å². The monoisotopic (exact) mass is 531 g/mol. The average molecular weight is 532 g/mol. The molecule has 0 aliphatic heterocycles. The Bertz CT molecular complexity index is 1070. The summed E-state index contributed by atoms with van der Waals surface area (Å²) in [6, 6.07) is 30.5. The predicted octanol–water partition coefficient (Wildman–Crippen LogP) is 6.02. The van der Waals surface area contributed by atoms with Gasteiger partial charge in [-0.3, -0.25) is 4.79 Å². The number of hydrogen-bond acceptors (Lipinski definition) is 4. The lowest BCUT2D eigenvalue weighted by molar-refractivity contribution is -0.143. The van der Waals surface area contributed by atoms with Gasteiger partial charge in [-0.05, 0) is 34.8 Å². The van der Waals surface area contributed by atoms with Crippen LogP contribution in [0.5, 0.6) is 0 Å². The van der Waals surface area contributed by atoms with Gasteiger partial charge in [0.15, 0.2) is 0 Å². The van der Waals surface area contributed by atoms with Gasteiger partial charge in [0.05, 0.1) is 17.3 Å². The minimum atomic E-state index is -1.06. The van der Waals surface area contributed by atoms with Crippen molar-refractivity contribution in [2.24, 2.45) is 5.92 Å². The standard InChI is InChI=1S/C32H37NO4S/c1-3-24(2)30(31(36)37)33-29(35)23-28(34)21-13-14-22-38-32(25-15-7-4-8-16-25,26-17-9-5-10-18-26)27-19-11-6-12-20-27/h4-13,15-21,24,28,30,34H,3,14,22-23H2,1-2H3,(H,33,35)(H,36,37)/b21-13+. The maximum absolute atomic E-state index is 12.3. The number of carboxylic acid groups (broad SMARTS) is 1. The molecule has 0 spiro atoms. The fraction of sp³-hybridized carbons (Fsp3) is 0.312. The number of nitrogens with one attached hydrogen (secondary N) is 1. The van der Waals surface area contributed by atoms with Crippen LogP contribution in [0.15, 0.2) is 103 Å². The summed E-state index contributed by atoms with van der Waals surface area (Å²) in [4.78, 5) is 23.8. The van der Waals surface area contributed by atoms with E-state index >= 15 is 0 Å². The lowest BCUT2D eigenvalue weighted by Crippen LogP contribution is -2.45.